The molecule has 0 radical (unpaired) electrons. The fourth-order valence-electron chi connectivity index (χ4n) is 2.33. The monoisotopic (exact) mass is 306 g/mol. The summed E-state index contributed by atoms with van der Waals surface area (Å²) in [6, 6.07) is 7.81. The predicted octanol–water partition coefficient (Wildman–Crippen LogP) is 3.47. The molecule has 2 rings (SSSR count). The fourth-order valence-corrected chi connectivity index (χ4v) is 3.64. The van der Waals surface area contributed by atoms with Gasteiger partial charge >= 0.3 is 5.97 Å². The van der Waals surface area contributed by atoms with Crippen molar-refractivity contribution in [1.82, 2.24) is 0 Å². The quantitative estimate of drug-likeness (QED) is 0.846. The lowest BCUT2D eigenvalue weighted by Crippen LogP contribution is -2.17. The molecule has 0 aliphatic carbocycles. The summed E-state index contributed by atoms with van der Waals surface area (Å²) in [5.41, 5.74) is 4.97. The van der Waals surface area contributed by atoms with Crippen LogP contribution in [0.1, 0.15) is 23.8 Å². The van der Waals surface area contributed by atoms with Crippen molar-refractivity contribution in [2.75, 3.05) is 13.2 Å². The van der Waals surface area contributed by atoms with Gasteiger partial charge in [0.15, 0.2) is 6.29 Å². The first kappa shape index (κ1) is 15.9. The van der Waals surface area contributed by atoms with E-state index >= 15 is 0 Å². The van der Waals surface area contributed by atoms with Gasteiger partial charge in [0.25, 0.3) is 0 Å². The summed E-state index contributed by atoms with van der Waals surface area (Å²) in [5, 5.41) is 9.10. The number of aliphatic carboxylic acids is 1. The van der Waals surface area contributed by atoms with Crippen LogP contribution in [0.25, 0.3) is 5.57 Å². The molecule has 1 N–H and O–H groups in total. The van der Waals surface area contributed by atoms with Gasteiger partial charge in [-0.1, -0.05) is 49.6 Å². The van der Waals surface area contributed by atoms with Crippen molar-refractivity contribution >= 4 is 19.6 Å². The van der Waals surface area contributed by atoms with E-state index in [4.69, 9.17) is 14.6 Å². The lowest BCUT2D eigenvalue weighted by Gasteiger charge is -2.15. The summed E-state index contributed by atoms with van der Waals surface area (Å²) in [6.45, 7) is 7.83. The van der Waals surface area contributed by atoms with Gasteiger partial charge in [-0.05, 0) is 11.1 Å². The van der Waals surface area contributed by atoms with Gasteiger partial charge in [0, 0.05) is 5.56 Å². The van der Waals surface area contributed by atoms with Gasteiger partial charge < -0.3 is 14.6 Å². The van der Waals surface area contributed by atoms with Crippen molar-refractivity contribution in [3.8, 4) is 0 Å². The zero-order valence-electron chi connectivity index (χ0n) is 12.8. The minimum Gasteiger partial charge on any atom is -0.481 e. The van der Waals surface area contributed by atoms with Crippen LogP contribution in [0.2, 0.25) is 19.6 Å². The van der Waals surface area contributed by atoms with Crippen LogP contribution in [0.3, 0.4) is 0 Å². The van der Waals surface area contributed by atoms with Gasteiger partial charge in [0.05, 0.1) is 27.7 Å². The molecule has 0 spiro atoms. The molecule has 4 nitrogen and oxygen atoms in total. The Hall–Kier alpha value is -1.43. The number of carbonyl (C=O) groups is 1. The molecular formula is C16H22O4Si. The normalized spacial score (nSPS) is 17.2. The molecule has 1 fully saturated rings. The van der Waals surface area contributed by atoms with Crippen LogP contribution >= 0.6 is 0 Å². The zero-order valence-corrected chi connectivity index (χ0v) is 13.8. The maximum atomic E-state index is 11.1. The fraction of sp³-hybridized carbons (Fsp3) is 0.438. The summed E-state index contributed by atoms with van der Waals surface area (Å²) in [7, 11) is -1.48. The van der Waals surface area contributed by atoms with E-state index in [9.17, 15) is 4.79 Å². The Morgan fingerprint density at radius 1 is 1.24 bits per heavy atom. The molecule has 0 saturated carbocycles. The van der Waals surface area contributed by atoms with E-state index in [1.54, 1.807) is 0 Å². The topological polar surface area (TPSA) is 55.8 Å². The summed E-state index contributed by atoms with van der Waals surface area (Å²) >= 11 is 0. The minimum absolute atomic E-state index is 0.0556. The lowest BCUT2D eigenvalue weighted by atomic mass is 10.0. The highest BCUT2D eigenvalue weighted by atomic mass is 28.3. The van der Waals surface area contributed by atoms with E-state index in [0.717, 1.165) is 16.7 Å². The standard InChI is InChI=1S/C16H22O4Si/c1-21(2,3)11-14(10-15(17)18)12-4-6-13(7-5-12)16-19-8-9-20-16/h4-7,11,16H,8-10H2,1-3H3,(H,17,18)/b14-11-. The third-order valence-electron chi connectivity index (χ3n) is 3.12. The van der Waals surface area contributed by atoms with Gasteiger partial charge in [0.2, 0.25) is 0 Å². The van der Waals surface area contributed by atoms with Gasteiger partial charge in [-0.3, -0.25) is 4.79 Å². The van der Waals surface area contributed by atoms with Gasteiger partial charge in [-0.2, -0.15) is 0 Å². The summed E-state index contributed by atoms with van der Waals surface area (Å²) in [5.74, 6) is -0.800. The zero-order chi connectivity index (χ0) is 15.5. The second-order valence-electron chi connectivity index (χ2n) is 6.30. The van der Waals surface area contributed by atoms with E-state index in [1.165, 1.54) is 0 Å². The molecule has 114 valence electrons. The summed E-state index contributed by atoms with van der Waals surface area (Å²) in [6.07, 6.45) is -0.233. The first-order valence-electron chi connectivity index (χ1n) is 7.12. The highest BCUT2D eigenvalue weighted by Gasteiger charge is 2.19. The van der Waals surface area contributed by atoms with Crippen molar-refractivity contribution in [2.24, 2.45) is 0 Å². The van der Waals surface area contributed by atoms with Gasteiger partial charge in [-0.15, -0.1) is 0 Å². The molecule has 0 bridgehead atoms. The highest BCUT2D eigenvalue weighted by Crippen LogP contribution is 2.27. The maximum Gasteiger partial charge on any atom is 0.307 e. The van der Waals surface area contributed by atoms with Crippen LogP contribution in [0, 0.1) is 0 Å². The molecule has 0 unspecified atom stereocenters. The maximum absolute atomic E-state index is 11.1. The Labute approximate surface area is 126 Å². The Balaban J connectivity index is 2.23. The van der Waals surface area contributed by atoms with Crippen molar-refractivity contribution < 1.29 is 19.4 Å². The number of rotatable bonds is 5. The van der Waals surface area contributed by atoms with E-state index in [0.29, 0.717) is 13.2 Å². The molecule has 5 heteroatoms. The average Bonchev–Trinajstić information content (AvgIpc) is 2.90. The van der Waals surface area contributed by atoms with E-state index in [1.807, 2.05) is 24.3 Å². The second kappa shape index (κ2) is 6.55. The van der Waals surface area contributed by atoms with Crippen molar-refractivity contribution in [2.45, 2.75) is 32.4 Å². The van der Waals surface area contributed by atoms with Crippen molar-refractivity contribution in [1.29, 1.82) is 0 Å². The van der Waals surface area contributed by atoms with Crippen LogP contribution in [-0.2, 0) is 14.3 Å². The van der Waals surface area contributed by atoms with Gasteiger partial charge in [0.1, 0.15) is 0 Å². The Bertz CT molecular complexity index is 522. The summed E-state index contributed by atoms with van der Waals surface area (Å²) < 4.78 is 10.9. The van der Waals surface area contributed by atoms with Crippen LogP contribution in [0.4, 0.5) is 0 Å². The van der Waals surface area contributed by atoms with Crippen LogP contribution in [0.5, 0.6) is 0 Å². The van der Waals surface area contributed by atoms with Crippen LogP contribution in [0.15, 0.2) is 30.0 Å². The molecule has 1 aromatic rings. The number of carboxylic acid groups (broad SMARTS) is 1. The number of hydrogen-bond acceptors (Lipinski definition) is 3. The van der Waals surface area contributed by atoms with Gasteiger partial charge in [-0.25, -0.2) is 0 Å². The molecule has 1 saturated heterocycles. The van der Waals surface area contributed by atoms with Crippen LogP contribution in [-0.4, -0.2) is 32.4 Å². The van der Waals surface area contributed by atoms with Crippen molar-refractivity contribution in [3.63, 3.8) is 0 Å². The first-order chi connectivity index (χ1) is 9.85. The Kier molecular flexibility index (Phi) is 4.98. The molecule has 21 heavy (non-hydrogen) atoms. The van der Waals surface area contributed by atoms with E-state index < -0.39 is 14.0 Å². The average molecular weight is 306 g/mol. The molecular weight excluding hydrogens is 284 g/mol. The molecule has 0 amide bonds. The molecule has 1 aromatic carbocycles. The Morgan fingerprint density at radius 2 is 1.81 bits per heavy atom. The van der Waals surface area contributed by atoms with E-state index in [2.05, 4.69) is 25.3 Å². The lowest BCUT2D eigenvalue weighted by molar-refractivity contribution is -0.135. The first-order valence-corrected chi connectivity index (χ1v) is 10.7. The molecule has 0 atom stereocenters. The number of ether oxygens (including phenoxy) is 2. The highest BCUT2D eigenvalue weighted by molar-refractivity contribution is 6.81. The third-order valence-corrected chi connectivity index (χ3v) is 4.34. The summed E-state index contributed by atoms with van der Waals surface area (Å²) in [4.78, 5) is 11.1. The second-order valence-corrected chi connectivity index (χ2v) is 11.3. The number of benzene rings is 1. The SMILES string of the molecule is C[Si](C)(C)/C=C(/CC(=O)O)c1ccc(C2OCCO2)cc1. The minimum atomic E-state index is -1.48. The largest absolute Gasteiger partial charge is 0.481 e. The number of carboxylic acids is 1. The van der Waals surface area contributed by atoms with E-state index in [-0.39, 0.29) is 12.7 Å². The molecule has 0 aromatic heterocycles. The van der Waals surface area contributed by atoms with Crippen molar-refractivity contribution in [3.05, 3.63) is 41.1 Å². The van der Waals surface area contributed by atoms with Crippen LogP contribution < -0.4 is 0 Å². The molecule has 1 aliphatic heterocycles. The Morgan fingerprint density at radius 3 is 2.29 bits per heavy atom. The molecule has 1 heterocycles. The smallest absolute Gasteiger partial charge is 0.307 e. The molecule has 1 aliphatic rings. The predicted molar refractivity (Wildman–Crippen MR) is 84.7 cm³/mol. The third kappa shape index (κ3) is 4.80. The number of hydrogen-bond donors (Lipinski definition) is 1.